The zero-order valence-electron chi connectivity index (χ0n) is 9.87. The van der Waals surface area contributed by atoms with E-state index >= 15 is 0 Å². The molecule has 0 bridgehead atoms. The van der Waals surface area contributed by atoms with E-state index in [4.69, 9.17) is 0 Å². The zero-order valence-corrected chi connectivity index (χ0v) is 10.7. The summed E-state index contributed by atoms with van der Waals surface area (Å²) in [5.74, 6) is 0. The molecule has 1 aromatic rings. The Morgan fingerprint density at radius 1 is 1.33 bits per heavy atom. The van der Waals surface area contributed by atoms with Gasteiger partial charge in [-0.3, -0.25) is 0 Å². The molecule has 1 atom stereocenters. The third kappa shape index (κ3) is 3.73. The van der Waals surface area contributed by atoms with Gasteiger partial charge >= 0.3 is 0 Å². The van der Waals surface area contributed by atoms with Crippen LogP contribution in [0.5, 0.6) is 0 Å². The normalized spacial score (nSPS) is 14.0. The number of hydrogen-bond donors (Lipinski definition) is 1. The van der Waals surface area contributed by atoms with Gasteiger partial charge in [-0.1, -0.05) is 23.8 Å². The topological polar surface area (TPSA) is 12.0 Å². The van der Waals surface area contributed by atoms with Crippen molar-refractivity contribution in [3.63, 3.8) is 0 Å². The van der Waals surface area contributed by atoms with Gasteiger partial charge in [-0.2, -0.15) is 0 Å². The highest BCUT2D eigenvalue weighted by Gasteiger charge is 1.99. The summed E-state index contributed by atoms with van der Waals surface area (Å²) >= 11 is 1.77. The van der Waals surface area contributed by atoms with E-state index in [9.17, 15) is 0 Å². The first-order valence-electron chi connectivity index (χ1n) is 5.17. The monoisotopic (exact) mass is 221 g/mol. The fraction of sp³-hybridized carbons (Fsp3) is 0.385. The van der Waals surface area contributed by atoms with Crippen LogP contribution in [0.3, 0.4) is 0 Å². The van der Waals surface area contributed by atoms with Gasteiger partial charge in [0.15, 0.2) is 0 Å². The van der Waals surface area contributed by atoms with E-state index < -0.39 is 0 Å². The van der Waals surface area contributed by atoms with Crippen LogP contribution in [0, 0.1) is 0 Å². The lowest BCUT2D eigenvalue weighted by Crippen LogP contribution is -2.21. The van der Waals surface area contributed by atoms with Crippen LogP contribution >= 0.6 is 11.8 Å². The third-order valence-electron chi connectivity index (χ3n) is 2.63. The van der Waals surface area contributed by atoms with Crippen LogP contribution in [0.1, 0.15) is 19.4 Å². The van der Waals surface area contributed by atoms with E-state index in [1.54, 1.807) is 11.8 Å². The Balaban J connectivity index is 2.79. The molecule has 0 heterocycles. The summed E-state index contributed by atoms with van der Waals surface area (Å²) in [4.78, 5) is 1.31. The predicted molar refractivity (Wildman–Crippen MR) is 70.4 cm³/mol. The van der Waals surface area contributed by atoms with Crippen molar-refractivity contribution in [3.8, 4) is 0 Å². The van der Waals surface area contributed by atoms with Crippen LogP contribution < -0.4 is 5.32 Å². The van der Waals surface area contributed by atoms with Crippen molar-refractivity contribution in [2.45, 2.75) is 24.8 Å². The van der Waals surface area contributed by atoms with E-state index in [1.807, 2.05) is 7.05 Å². The second-order valence-electron chi connectivity index (χ2n) is 3.67. The molecule has 0 saturated heterocycles. The molecule has 82 valence electrons. The summed E-state index contributed by atoms with van der Waals surface area (Å²) in [6.45, 7) is 4.33. The largest absolute Gasteiger partial charge is 0.314 e. The lowest BCUT2D eigenvalue weighted by Gasteiger charge is -2.10. The molecular weight excluding hydrogens is 202 g/mol. The standard InChI is InChI=1S/C13H19NS/c1-10(11(2)14-3)9-12-5-7-13(15-4)8-6-12/h5-9,11,14H,1-4H3/b10-9+. The van der Waals surface area contributed by atoms with Gasteiger partial charge in [-0.15, -0.1) is 11.8 Å². The number of nitrogens with one attached hydrogen (secondary N) is 1. The summed E-state index contributed by atoms with van der Waals surface area (Å²) in [5.41, 5.74) is 2.63. The van der Waals surface area contributed by atoms with Crippen molar-refractivity contribution in [1.29, 1.82) is 0 Å². The highest BCUT2D eigenvalue weighted by Crippen LogP contribution is 2.17. The minimum Gasteiger partial charge on any atom is -0.314 e. The fourth-order valence-corrected chi connectivity index (χ4v) is 1.72. The summed E-state index contributed by atoms with van der Waals surface area (Å²) in [6.07, 6.45) is 4.32. The average molecular weight is 221 g/mol. The molecule has 15 heavy (non-hydrogen) atoms. The molecule has 1 rings (SSSR count). The first kappa shape index (κ1) is 12.3. The van der Waals surface area contributed by atoms with E-state index in [0.29, 0.717) is 6.04 Å². The maximum Gasteiger partial charge on any atom is 0.0248 e. The highest BCUT2D eigenvalue weighted by atomic mass is 32.2. The molecule has 1 N–H and O–H groups in total. The number of likely N-dealkylation sites (N-methyl/N-ethyl adjacent to an activating group) is 1. The van der Waals surface area contributed by atoms with Crippen LogP contribution in [-0.4, -0.2) is 19.3 Å². The summed E-state index contributed by atoms with van der Waals surface area (Å²) in [5, 5.41) is 3.24. The number of hydrogen-bond acceptors (Lipinski definition) is 2. The van der Waals surface area contributed by atoms with Crippen molar-refractivity contribution in [1.82, 2.24) is 5.32 Å². The molecule has 0 amide bonds. The molecule has 0 aliphatic rings. The van der Waals surface area contributed by atoms with Crippen molar-refractivity contribution < 1.29 is 0 Å². The van der Waals surface area contributed by atoms with Crippen LogP contribution in [0.4, 0.5) is 0 Å². The SMILES string of the molecule is CNC(C)/C(C)=C/c1ccc(SC)cc1. The number of thioether (sulfide) groups is 1. The van der Waals surface area contributed by atoms with Gasteiger partial charge in [0.05, 0.1) is 0 Å². The molecule has 0 aliphatic heterocycles. The first-order chi connectivity index (χ1) is 7.17. The quantitative estimate of drug-likeness (QED) is 0.782. The summed E-state index contributed by atoms with van der Waals surface area (Å²) < 4.78 is 0. The first-order valence-corrected chi connectivity index (χ1v) is 6.39. The molecule has 1 aromatic carbocycles. The van der Waals surface area contributed by atoms with E-state index in [1.165, 1.54) is 16.0 Å². The molecule has 0 saturated carbocycles. The van der Waals surface area contributed by atoms with Crippen LogP contribution in [-0.2, 0) is 0 Å². The van der Waals surface area contributed by atoms with Gasteiger partial charge in [0, 0.05) is 10.9 Å². The lowest BCUT2D eigenvalue weighted by molar-refractivity contribution is 0.696. The Kier molecular flexibility index (Phi) is 4.92. The molecule has 0 aliphatic carbocycles. The molecule has 0 fully saturated rings. The smallest absolute Gasteiger partial charge is 0.0248 e. The van der Waals surface area contributed by atoms with E-state index in [0.717, 1.165) is 0 Å². The highest BCUT2D eigenvalue weighted by molar-refractivity contribution is 7.98. The molecule has 2 heteroatoms. The van der Waals surface area contributed by atoms with E-state index in [2.05, 4.69) is 55.8 Å². The van der Waals surface area contributed by atoms with Gasteiger partial charge in [0.25, 0.3) is 0 Å². The van der Waals surface area contributed by atoms with Crippen molar-refractivity contribution in [2.75, 3.05) is 13.3 Å². The van der Waals surface area contributed by atoms with Crippen molar-refractivity contribution >= 4 is 17.8 Å². The fourth-order valence-electron chi connectivity index (χ4n) is 1.32. The Morgan fingerprint density at radius 2 is 1.93 bits per heavy atom. The van der Waals surface area contributed by atoms with Gasteiger partial charge < -0.3 is 5.32 Å². The minimum absolute atomic E-state index is 0.435. The number of benzene rings is 1. The van der Waals surface area contributed by atoms with Gasteiger partial charge in [0.2, 0.25) is 0 Å². The van der Waals surface area contributed by atoms with E-state index in [-0.39, 0.29) is 0 Å². The van der Waals surface area contributed by atoms with Crippen molar-refractivity contribution in [3.05, 3.63) is 35.4 Å². The Hall–Kier alpha value is -0.730. The van der Waals surface area contributed by atoms with Crippen LogP contribution in [0.25, 0.3) is 6.08 Å². The Morgan fingerprint density at radius 3 is 2.40 bits per heavy atom. The number of rotatable bonds is 4. The molecule has 1 nitrogen and oxygen atoms in total. The Labute approximate surface area is 97.0 Å². The molecule has 0 aromatic heterocycles. The average Bonchev–Trinajstić information content (AvgIpc) is 2.29. The third-order valence-corrected chi connectivity index (χ3v) is 3.37. The van der Waals surface area contributed by atoms with Crippen LogP contribution in [0.15, 0.2) is 34.7 Å². The summed E-state index contributed by atoms with van der Waals surface area (Å²) in [7, 11) is 1.98. The second-order valence-corrected chi connectivity index (χ2v) is 4.55. The Bertz CT molecular complexity index is 327. The van der Waals surface area contributed by atoms with Gasteiger partial charge in [0.1, 0.15) is 0 Å². The minimum atomic E-state index is 0.435. The zero-order chi connectivity index (χ0) is 11.3. The summed E-state index contributed by atoms with van der Waals surface area (Å²) in [6, 6.07) is 9.09. The van der Waals surface area contributed by atoms with Gasteiger partial charge in [-0.25, -0.2) is 0 Å². The van der Waals surface area contributed by atoms with Crippen molar-refractivity contribution in [2.24, 2.45) is 0 Å². The predicted octanol–water partition coefficient (Wildman–Crippen LogP) is 3.42. The van der Waals surface area contributed by atoms with Gasteiger partial charge in [-0.05, 0) is 44.8 Å². The molecular formula is C13H19NS. The molecule has 0 spiro atoms. The second kappa shape index (κ2) is 5.99. The molecule has 0 radical (unpaired) electrons. The molecule has 1 unspecified atom stereocenters. The maximum atomic E-state index is 3.24. The maximum absolute atomic E-state index is 3.24. The van der Waals surface area contributed by atoms with Crippen LogP contribution in [0.2, 0.25) is 0 Å². The lowest BCUT2D eigenvalue weighted by atomic mass is 10.1.